The fraction of sp³-hybridized carbons (Fsp3) is 0.579. The maximum absolute atomic E-state index is 13.1. The van der Waals surface area contributed by atoms with Gasteiger partial charge in [-0.1, -0.05) is 119 Å². The molecule has 1 aromatic heterocycles. The van der Waals surface area contributed by atoms with Crippen LogP contribution in [0.5, 0.6) is 0 Å². The molecule has 1 unspecified atom stereocenters. The van der Waals surface area contributed by atoms with Crippen LogP contribution in [0.1, 0.15) is 114 Å². The van der Waals surface area contributed by atoms with Crippen molar-refractivity contribution in [2.45, 2.75) is 122 Å². The summed E-state index contributed by atoms with van der Waals surface area (Å²) in [7, 11) is 0. The Hall–Kier alpha value is -3.13. The van der Waals surface area contributed by atoms with Gasteiger partial charge in [0.1, 0.15) is 5.82 Å². The summed E-state index contributed by atoms with van der Waals surface area (Å²) < 4.78 is 2.19. The zero-order chi connectivity index (χ0) is 32.6. The molecule has 0 radical (unpaired) electrons. The van der Waals surface area contributed by atoms with E-state index in [9.17, 15) is 9.59 Å². The molecule has 4 rings (SSSR count). The monoisotopic (exact) mass is 645 g/mol. The summed E-state index contributed by atoms with van der Waals surface area (Å²) in [5.74, 6) is 2.26. The molecule has 1 aliphatic heterocycles. The molecule has 1 aliphatic rings. The standard InChI is InChI=1S/C38H55N5O2S/c1-4-5-6-7-8-9-10-11-15-25-37(45)42-27-26-41(30-32(42)3)36(44)24-18-19-28-46-38-40-39-35(29-33-21-13-12-14-22-33)43(38)34-23-17-16-20-31(34)2/h12-14,16-17,20-23,32H,4-11,15,18-19,24-30H2,1-3H3. The summed E-state index contributed by atoms with van der Waals surface area (Å²) in [6, 6.07) is 18.8. The van der Waals surface area contributed by atoms with E-state index >= 15 is 0 Å². The minimum Gasteiger partial charge on any atom is -0.339 e. The smallest absolute Gasteiger partial charge is 0.222 e. The summed E-state index contributed by atoms with van der Waals surface area (Å²) in [6.45, 7) is 8.39. The maximum Gasteiger partial charge on any atom is 0.222 e. The van der Waals surface area contributed by atoms with Crippen molar-refractivity contribution in [1.29, 1.82) is 0 Å². The number of aromatic nitrogens is 3. The second-order valence-corrected chi connectivity index (χ2v) is 13.9. The Bertz CT molecular complexity index is 1340. The molecule has 250 valence electrons. The molecule has 0 saturated carbocycles. The first-order chi connectivity index (χ1) is 22.5. The third-order valence-electron chi connectivity index (χ3n) is 9.07. The highest BCUT2D eigenvalue weighted by Gasteiger charge is 2.29. The Morgan fingerprint density at radius 2 is 1.43 bits per heavy atom. The van der Waals surface area contributed by atoms with Gasteiger partial charge in [0.05, 0.1) is 5.69 Å². The van der Waals surface area contributed by atoms with Crippen LogP contribution in [0.2, 0.25) is 0 Å². The van der Waals surface area contributed by atoms with E-state index < -0.39 is 0 Å². The Labute approximate surface area is 281 Å². The van der Waals surface area contributed by atoms with E-state index in [-0.39, 0.29) is 17.9 Å². The van der Waals surface area contributed by atoms with Crippen molar-refractivity contribution in [3.63, 3.8) is 0 Å². The second kappa shape index (κ2) is 19.5. The molecule has 1 atom stereocenters. The fourth-order valence-electron chi connectivity index (χ4n) is 6.33. The molecule has 0 spiro atoms. The Kier molecular flexibility index (Phi) is 15.2. The molecular weight excluding hydrogens is 591 g/mol. The van der Waals surface area contributed by atoms with Gasteiger partial charge in [-0.05, 0) is 50.3 Å². The van der Waals surface area contributed by atoms with Gasteiger partial charge in [0.25, 0.3) is 0 Å². The molecule has 46 heavy (non-hydrogen) atoms. The molecule has 1 fully saturated rings. The molecule has 2 amide bonds. The van der Waals surface area contributed by atoms with Gasteiger partial charge in [-0.15, -0.1) is 10.2 Å². The highest BCUT2D eigenvalue weighted by atomic mass is 32.2. The summed E-state index contributed by atoms with van der Waals surface area (Å²) in [6.07, 6.45) is 15.0. The number of nitrogens with zero attached hydrogens (tertiary/aromatic N) is 5. The number of hydrogen-bond acceptors (Lipinski definition) is 5. The van der Waals surface area contributed by atoms with Crippen LogP contribution < -0.4 is 0 Å². The van der Waals surface area contributed by atoms with Gasteiger partial charge in [0.2, 0.25) is 11.8 Å². The summed E-state index contributed by atoms with van der Waals surface area (Å²) in [4.78, 5) is 29.9. The highest BCUT2D eigenvalue weighted by Crippen LogP contribution is 2.26. The Morgan fingerprint density at radius 3 is 2.15 bits per heavy atom. The van der Waals surface area contributed by atoms with Crippen molar-refractivity contribution >= 4 is 23.6 Å². The average molecular weight is 646 g/mol. The number of para-hydroxylation sites is 1. The second-order valence-electron chi connectivity index (χ2n) is 12.8. The number of piperazine rings is 1. The molecule has 1 saturated heterocycles. The van der Waals surface area contributed by atoms with E-state index in [1.54, 1.807) is 11.8 Å². The topological polar surface area (TPSA) is 71.3 Å². The van der Waals surface area contributed by atoms with E-state index in [1.165, 1.54) is 56.1 Å². The molecule has 3 aromatic rings. The SMILES string of the molecule is CCCCCCCCCCCC(=O)N1CCN(C(=O)CCCCSc2nnc(Cc3ccccc3)n2-c2ccccc2C)CC1C. The van der Waals surface area contributed by atoms with Crippen LogP contribution >= 0.6 is 11.8 Å². The third kappa shape index (κ3) is 11.0. The average Bonchev–Trinajstić information content (AvgIpc) is 3.45. The van der Waals surface area contributed by atoms with Gasteiger partial charge in [-0.3, -0.25) is 14.2 Å². The molecule has 2 aromatic carbocycles. The number of aryl methyl sites for hydroxylation is 1. The highest BCUT2D eigenvalue weighted by molar-refractivity contribution is 7.99. The first kappa shape index (κ1) is 35.7. The van der Waals surface area contributed by atoms with Crippen molar-refractivity contribution in [3.8, 4) is 5.69 Å². The largest absolute Gasteiger partial charge is 0.339 e. The van der Waals surface area contributed by atoms with Gasteiger partial charge in [-0.25, -0.2) is 0 Å². The lowest BCUT2D eigenvalue weighted by atomic mass is 10.1. The number of benzene rings is 2. The zero-order valence-electron chi connectivity index (χ0n) is 28.5. The molecule has 0 bridgehead atoms. The van der Waals surface area contributed by atoms with E-state index in [4.69, 9.17) is 0 Å². The van der Waals surface area contributed by atoms with Gasteiger partial charge in [-0.2, -0.15) is 0 Å². The first-order valence-electron chi connectivity index (χ1n) is 17.7. The van der Waals surface area contributed by atoms with Gasteiger partial charge in [0, 0.05) is 50.7 Å². The van der Waals surface area contributed by atoms with Gasteiger partial charge >= 0.3 is 0 Å². The third-order valence-corrected chi connectivity index (χ3v) is 10.1. The Balaban J connectivity index is 1.16. The minimum atomic E-state index is 0.0807. The predicted octanol–water partition coefficient (Wildman–Crippen LogP) is 8.41. The molecule has 0 N–H and O–H groups in total. The lowest BCUT2D eigenvalue weighted by Gasteiger charge is -2.40. The molecule has 0 aliphatic carbocycles. The number of unbranched alkanes of at least 4 members (excludes halogenated alkanes) is 9. The number of amides is 2. The number of hydrogen-bond donors (Lipinski definition) is 0. The quantitative estimate of drug-likeness (QED) is 0.0967. The van der Waals surface area contributed by atoms with Crippen molar-refractivity contribution in [3.05, 3.63) is 71.5 Å². The molecule has 8 heteroatoms. The van der Waals surface area contributed by atoms with Crippen LogP contribution in [0.15, 0.2) is 59.8 Å². The van der Waals surface area contributed by atoms with Crippen LogP contribution in [0.25, 0.3) is 5.69 Å². The first-order valence-corrected chi connectivity index (χ1v) is 18.7. The number of carbonyl (C=O) groups excluding carboxylic acids is 2. The van der Waals surface area contributed by atoms with Crippen LogP contribution in [0.4, 0.5) is 0 Å². The van der Waals surface area contributed by atoms with Gasteiger partial charge in [0.15, 0.2) is 5.16 Å². The van der Waals surface area contributed by atoms with Gasteiger partial charge < -0.3 is 9.80 Å². The summed E-state index contributed by atoms with van der Waals surface area (Å²) >= 11 is 1.71. The van der Waals surface area contributed by atoms with Crippen molar-refractivity contribution in [2.75, 3.05) is 25.4 Å². The number of thioether (sulfide) groups is 1. The van der Waals surface area contributed by atoms with Crippen LogP contribution in [0, 0.1) is 6.92 Å². The van der Waals surface area contributed by atoms with E-state index in [2.05, 4.69) is 84.1 Å². The number of carbonyl (C=O) groups is 2. The lowest BCUT2D eigenvalue weighted by molar-refractivity contribution is -0.142. The van der Waals surface area contributed by atoms with Crippen LogP contribution in [0.3, 0.4) is 0 Å². The normalized spacial score (nSPS) is 15.0. The summed E-state index contributed by atoms with van der Waals surface area (Å²) in [5.41, 5.74) is 3.50. The minimum absolute atomic E-state index is 0.0807. The fourth-order valence-corrected chi connectivity index (χ4v) is 7.29. The molecule has 7 nitrogen and oxygen atoms in total. The Morgan fingerprint density at radius 1 is 0.783 bits per heavy atom. The predicted molar refractivity (Wildman–Crippen MR) is 190 cm³/mol. The van der Waals surface area contributed by atoms with Crippen LogP contribution in [-0.2, 0) is 16.0 Å². The summed E-state index contributed by atoms with van der Waals surface area (Å²) in [5, 5.41) is 10.1. The zero-order valence-corrected chi connectivity index (χ0v) is 29.3. The van der Waals surface area contributed by atoms with Crippen molar-refractivity contribution in [1.82, 2.24) is 24.6 Å². The molecular formula is C38H55N5O2S. The van der Waals surface area contributed by atoms with Crippen molar-refractivity contribution in [2.24, 2.45) is 0 Å². The number of rotatable bonds is 19. The van der Waals surface area contributed by atoms with E-state index in [0.717, 1.165) is 48.1 Å². The molecule has 2 heterocycles. The maximum atomic E-state index is 13.1. The lowest BCUT2D eigenvalue weighted by Crippen LogP contribution is -2.55. The van der Waals surface area contributed by atoms with E-state index in [1.807, 2.05) is 15.9 Å². The van der Waals surface area contributed by atoms with Crippen LogP contribution in [-0.4, -0.2) is 67.8 Å². The van der Waals surface area contributed by atoms with Crippen molar-refractivity contribution < 1.29 is 9.59 Å². The van der Waals surface area contributed by atoms with E-state index in [0.29, 0.717) is 38.9 Å².